The van der Waals surface area contributed by atoms with Crippen molar-refractivity contribution in [2.24, 2.45) is 5.92 Å². The van der Waals surface area contributed by atoms with Crippen molar-refractivity contribution in [2.45, 2.75) is 13.0 Å². The number of halogens is 1. The Bertz CT molecular complexity index is 442. The summed E-state index contributed by atoms with van der Waals surface area (Å²) in [5.74, 6) is -1.50. The molecule has 4 nitrogen and oxygen atoms in total. The first-order chi connectivity index (χ1) is 7.91. The molecule has 1 aromatic rings. The van der Waals surface area contributed by atoms with Crippen molar-refractivity contribution in [2.75, 3.05) is 0 Å². The van der Waals surface area contributed by atoms with Crippen LogP contribution in [-0.2, 0) is 4.79 Å². The molecule has 17 heavy (non-hydrogen) atoms. The van der Waals surface area contributed by atoms with Crippen LogP contribution in [0.2, 0.25) is 0 Å². The van der Waals surface area contributed by atoms with E-state index in [2.05, 4.69) is 15.9 Å². The van der Waals surface area contributed by atoms with Crippen LogP contribution >= 0.6 is 15.9 Å². The van der Waals surface area contributed by atoms with Gasteiger partial charge < -0.3 is 15.3 Å². The van der Waals surface area contributed by atoms with Crippen LogP contribution in [0.25, 0.3) is 0 Å². The highest BCUT2D eigenvalue weighted by atomic mass is 79.9. The summed E-state index contributed by atoms with van der Waals surface area (Å²) in [7, 11) is 0. The minimum Gasteiger partial charge on any atom is -0.508 e. The largest absolute Gasteiger partial charge is 0.508 e. The van der Waals surface area contributed by atoms with Crippen molar-refractivity contribution < 1.29 is 20.1 Å². The van der Waals surface area contributed by atoms with Gasteiger partial charge in [-0.2, -0.15) is 0 Å². The zero-order valence-electron chi connectivity index (χ0n) is 9.17. The Kier molecular flexibility index (Phi) is 4.72. The summed E-state index contributed by atoms with van der Waals surface area (Å²) in [6.07, 6.45) is 1.40. The van der Waals surface area contributed by atoms with Crippen LogP contribution in [0.15, 0.2) is 34.8 Å². The van der Waals surface area contributed by atoms with Crippen LogP contribution in [0.3, 0.4) is 0 Å². The quantitative estimate of drug-likeness (QED) is 0.747. The van der Waals surface area contributed by atoms with Gasteiger partial charge in [-0.1, -0.05) is 28.9 Å². The molecule has 1 aromatic carbocycles. The number of aromatic hydroxyl groups is 1. The number of aliphatic carboxylic acids is 1. The second kappa shape index (κ2) is 5.84. The van der Waals surface area contributed by atoms with Gasteiger partial charge in [0.25, 0.3) is 0 Å². The number of carbonyl (C=O) groups is 1. The van der Waals surface area contributed by atoms with Gasteiger partial charge in [-0.15, -0.1) is 0 Å². The third-order valence-corrected chi connectivity index (χ3v) is 2.84. The lowest BCUT2D eigenvalue weighted by Gasteiger charge is -2.17. The average molecular weight is 301 g/mol. The molecule has 0 saturated carbocycles. The average Bonchev–Trinajstić information content (AvgIpc) is 2.28. The Labute approximate surface area is 107 Å². The summed E-state index contributed by atoms with van der Waals surface area (Å²) in [6, 6.07) is 4.73. The first-order valence-electron chi connectivity index (χ1n) is 4.99. The molecule has 0 aromatic heterocycles. The van der Waals surface area contributed by atoms with Crippen molar-refractivity contribution in [3.05, 3.63) is 40.4 Å². The fourth-order valence-corrected chi connectivity index (χ4v) is 1.76. The van der Waals surface area contributed by atoms with E-state index < -0.39 is 18.0 Å². The standard InChI is InChI=1S/C12H13BrO4/c1-7(2-5-11(15)16)12(17)9-6-8(13)3-4-10(9)14/h2-7,12,14,17H,1H3,(H,15,16)/b5-2+/t7-,12+/m0/s1. The maximum atomic E-state index is 10.4. The van der Waals surface area contributed by atoms with E-state index >= 15 is 0 Å². The molecule has 0 heterocycles. The Hall–Kier alpha value is -1.33. The number of hydrogen-bond donors (Lipinski definition) is 3. The van der Waals surface area contributed by atoms with E-state index in [0.717, 1.165) is 10.5 Å². The fourth-order valence-electron chi connectivity index (χ4n) is 1.38. The van der Waals surface area contributed by atoms with Crippen molar-refractivity contribution in [3.63, 3.8) is 0 Å². The van der Waals surface area contributed by atoms with Gasteiger partial charge in [-0.05, 0) is 18.2 Å². The van der Waals surface area contributed by atoms with E-state index in [0.29, 0.717) is 5.56 Å². The van der Waals surface area contributed by atoms with Crippen molar-refractivity contribution >= 4 is 21.9 Å². The van der Waals surface area contributed by atoms with E-state index in [4.69, 9.17) is 5.11 Å². The number of rotatable bonds is 4. The molecule has 0 spiro atoms. The van der Waals surface area contributed by atoms with Crippen LogP contribution in [0.4, 0.5) is 0 Å². The topological polar surface area (TPSA) is 77.8 Å². The molecule has 1 rings (SSSR count). The van der Waals surface area contributed by atoms with Gasteiger partial charge in [0.2, 0.25) is 0 Å². The van der Waals surface area contributed by atoms with E-state index in [-0.39, 0.29) is 5.75 Å². The van der Waals surface area contributed by atoms with Crippen LogP contribution in [0.1, 0.15) is 18.6 Å². The van der Waals surface area contributed by atoms with Crippen molar-refractivity contribution in [3.8, 4) is 5.75 Å². The molecule has 92 valence electrons. The Balaban J connectivity index is 2.91. The molecule has 0 aliphatic heterocycles. The lowest BCUT2D eigenvalue weighted by atomic mass is 9.96. The third-order valence-electron chi connectivity index (χ3n) is 2.35. The molecular weight excluding hydrogens is 288 g/mol. The zero-order chi connectivity index (χ0) is 13.0. The molecule has 0 aliphatic carbocycles. The number of carboxylic acid groups (broad SMARTS) is 1. The summed E-state index contributed by atoms with van der Waals surface area (Å²) >= 11 is 3.24. The fraction of sp³-hybridized carbons (Fsp3) is 0.250. The van der Waals surface area contributed by atoms with Gasteiger partial charge in [0.05, 0.1) is 6.10 Å². The smallest absolute Gasteiger partial charge is 0.327 e. The summed E-state index contributed by atoms with van der Waals surface area (Å²) in [6.45, 7) is 1.67. The lowest BCUT2D eigenvalue weighted by molar-refractivity contribution is -0.131. The molecule has 0 unspecified atom stereocenters. The van der Waals surface area contributed by atoms with Crippen LogP contribution in [0.5, 0.6) is 5.75 Å². The van der Waals surface area contributed by atoms with Crippen molar-refractivity contribution in [1.29, 1.82) is 0 Å². The molecule has 3 N–H and O–H groups in total. The van der Waals surface area contributed by atoms with Gasteiger partial charge in [0, 0.05) is 22.0 Å². The molecule has 0 bridgehead atoms. The highest BCUT2D eigenvalue weighted by molar-refractivity contribution is 9.10. The summed E-state index contributed by atoms with van der Waals surface area (Å²) in [5, 5.41) is 28.1. The number of benzene rings is 1. The first-order valence-corrected chi connectivity index (χ1v) is 5.78. The normalized spacial score (nSPS) is 14.8. The molecule has 0 radical (unpaired) electrons. The van der Waals surface area contributed by atoms with Gasteiger partial charge in [-0.25, -0.2) is 4.79 Å². The Morgan fingerprint density at radius 2 is 2.12 bits per heavy atom. The van der Waals surface area contributed by atoms with E-state index in [1.165, 1.54) is 12.1 Å². The first kappa shape index (κ1) is 13.7. The van der Waals surface area contributed by atoms with Crippen LogP contribution in [0, 0.1) is 5.92 Å². The summed E-state index contributed by atoms with van der Waals surface area (Å²) < 4.78 is 0.735. The number of aliphatic hydroxyl groups excluding tert-OH is 1. The Morgan fingerprint density at radius 3 is 2.71 bits per heavy atom. The highest BCUT2D eigenvalue weighted by Gasteiger charge is 2.18. The minimum atomic E-state index is -1.07. The second-order valence-corrected chi connectivity index (χ2v) is 4.62. The summed E-state index contributed by atoms with van der Waals surface area (Å²) in [4.78, 5) is 10.4. The molecule has 2 atom stereocenters. The van der Waals surface area contributed by atoms with Gasteiger partial charge in [-0.3, -0.25) is 0 Å². The molecule has 0 saturated heterocycles. The molecule has 0 fully saturated rings. The van der Waals surface area contributed by atoms with E-state index in [9.17, 15) is 15.0 Å². The minimum absolute atomic E-state index is 0.0173. The van der Waals surface area contributed by atoms with Crippen molar-refractivity contribution in [1.82, 2.24) is 0 Å². The van der Waals surface area contributed by atoms with Crippen LogP contribution in [-0.4, -0.2) is 21.3 Å². The SMILES string of the molecule is C[C@@H](/C=C/C(=O)O)[C@@H](O)c1cc(Br)ccc1O. The highest BCUT2D eigenvalue weighted by Crippen LogP contribution is 2.32. The predicted octanol–water partition coefficient (Wildman–Crippen LogP) is 2.47. The number of carboxylic acids is 1. The molecule has 0 aliphatic rings. The lowest BCUT2D eigenvalue weighted by Crippen LogP contribution is -2.07. The molecular formula is C12H13BrO4. The second-order valence-electron chi connectivity index (χ2n) is 3.70. The number of aliphatic hydroxyl groups is 1. The summed E-state index contributed by atoms with van der Waals surface area (Å²) in [5.41, 5.74) is 0.363. The third kappa shape index (κ3) is 3.87. The monoisotopic (exact) mass is 300 g/mol. The van der Waals surface area contributed by atoms with Gasteiger partial charge >= 0.3 is 5.97 Å². The van der Waals surface area contributed by atoms with E-state index in [1.807, 2.05) is 0 Å². The number of phenols is 1. The maximum absolute atomic E-state index is 10.4. The van der Waals surface area contributed by atoms with Gasteiger partial charge in [0.15, 0.2) is 0 Å². The molecule has 0 amide bonds. The van der Waals surface area contributed by atoms with Gasteiger partial charge in [0.1, 0.15) is 5.75 Å². The maximum Gasteiger partial charge on any atom is 0.327 e. The predicted molar refractivity (Wildman–Crippen MR) is 66.7 cm³/mol. The number of phenolic OH excluding ortho intramolecular Hbond substituents is 1. The number of hydrogen-bond acceptors (Lipinski definition) is 3. The molecule has 5 heteroatoms. The Morgan fingerprint density at radius 1 is 1.47 bits per heavy atom. The zero-order valence-corrected chi connectivity index (χ0v) is 10.8. The van der Waals surface area contributed by atoms with Crippen LogP contribution < -0.4 is 0 Å². The van der Waals surface area contributed by atoms with E-state index in [1.54, 1.807) is 19.1 Å².